The molecule has 4 rings (SSSR count). The lowest BCUT2D eigenvalue weighted by Crippen LogP contribution is -2.66. The van der Waals surface area contributed by atoms with Gasteiger partial charge in [0.15, 0.2) is 11.9 Å². The van der Waals surface area contributed by atoms with Crippen molar-refractivity contribution in [3.63, 3.8) is 0 Å². The van der Waals surface area contributed by atoms with Gasteiger partial charge >= 0.3 is 0 Å². The third kappa shape index (κ3) is 7.09. The zero-order valence-corrected chi connectivity index (χ0v) is 25.0. The molecule has 0 spiro atoms. The second-order valence-corrected chi connectivity index (χ2v) is 15.3. The van der Waals surface area contributed by atoms with E-state index in [2.05, 4.69) is 69.3 Å². The van der Waals surface area contributed by atoms with Gasteiger partial charge < -0.3 is 13.9 Å². The SMILES string of the molecule is CCC(=O)C(CCO[Si](c1ccccc1)(c1ccccc1)C(C)(C)C)Oc1ccc(OCc2ccccc2)cc1. The molecule has 208 valence electrons. The average molecular weight is 553 g/mol. The summed E-state index contributed by atoms with van der Waals surface area (Å²) in [7, 11) is -2.68. The summed E-state index contributed by atoms with van der Waals surface area (Å²) in [5.41, 5.74) is 1.11. The van der Waals surface area contributed by atoms with Crippen molar-refractivity contribution in [2.24, 2.45) is 0 Å². The molecule has 0 aliphatic rings. The molecular weight excluding hydrogens is 512 g/mol. The molecule has 0 saturated heterocycles. The largest absolute Gasteiger partial charge is 0.489 e. The Bertz CT molecular complexity index is 1280. The van der Waals surface area contributed by atoms with E-state index < -0.39 is 14.4 Å². The van der Waals surface area contributed by atoms with Crippen LogP contribution in [0, 0.1) is 0 Å². The van der Waals surface area contributed by atoms with Crippen LogP contribution in [0.1, 0.15) is 46.1 Å². The Morgan fingerprint density at radius 2 is 1.23 bits per heavy atom. The molecule has 4 aromatic carbocycles. The second kappa shape index (κ2) is 13.6. The van der Waals surface area contributed by atoms with Gasteiger partial charge in [-0.25, -0.2) is 0 Å². The van der Waals surface area contributed by atoms with E-state index in [0.29, 0.717) is 31.8 Å². The first-order valence-electron chi connectivity index (χ1n) is 14.0. The lowest BCUT2D eigenvalue weighted by molar-refractivity contribution is -0.126. The topological polar surface area (TPSA) is 44.8 Å². The van der Waals surface area contributed by atoms with Crippen molar-refractivity contribution in [2.45, 2.75) is 58.3 Å². The van der Waals surface area contributed by atoms with E-state index in [1.165, 1.54) is 10.4 Å². The van der Waals surface area contributed by atoms with E-state index in [1.807, 2.05) is 73.7 Å². The van der Waals surface area contributed by atoms with Gasteiger partial charge in [-0.2, -0.15) is 0 Å². The standard InChI is InChI=1S/C35H40O4Si/c1-5-33(36)34(39-30-23-21-29(22-24-30)37-27-28-15-9-6-10-16-28)25-26-38-40(35(2,3)4,31-17-11-7-12-18-31)32-19-13-8-14-20-32/h6-24,34H,5,25-27H2,1-4H3. The van der Waals surface area contributed by atoms with Crippen LogP contribution in [0.2, 0.25) is 5.04 Å². The van der Waals surface area contributed by atoms with E-state index in [4.69, 9.17) is 13.9 Å². The molecule has 4 aromatic rings. The minimum atomic E-state index is -2.68. The van der Waals surface area contributed by atoms with Crippen LogP contribution in [0.3, 0.4) is 0 Å². The molecule has 0 radical (unpaired) electrons. The van der Waals surface area contributed by atoms with Gasteiger partial charge in [0.05, 0.1) is 0 Å². The molecule has 0 bridgehead atoms. The van der Waals surface area contributed by atoms with Gasteiger partial charge in [-0.3, -0.25) is 4.79 Å². The Labute approximate surface area is 240 Å². The highest BCUT2D eigenvalue weighted by molar-refractivity contribution is 6.99. The van der Waals surface area contributed by atoms with E-state index in [1.54, 1.807) is 0 Å². The predicted octanol–water partition coefficient (Wildman–Crippen LogP) is 6.96. The highest BCUT2D eigenvalue weighted by atomic mass is 28.4. The number of ether oxygens (including phenoxy) is 2. The summed E-state index contributed by atoms with van der Waals surface area (Å²) in [5.74, 6) is 1.46. The van der Waals surface area contributed by atoms with E-state index >= 15 is 0 Å². The molecule has 4 nitrogen and oxygen atoms in total. The van der Waals surface area contributed by atoms with Crippen LogP contribution < -0.4 is 19.8 Å². The lowest BCUT2D eigenvalue weighted by atomic mass is 10.1. The number of carbonyl (C=O) groups excluding carboxylic acids is 1. The van der Waals surface area contributed by atoms with Crippen molar-refractivity contribution in [1.82, 2.24) is 0 Å². The third-order valence-electron chi connectivity index (χ3n) is 7.17. The van der Waals surface area contributed by atoms with Crippen LogP contribution in [0.5, 0.6) is 11.5 Å². The Kier molecular flexibility index (Phi) is 9.97. The Morgan fingerprint density at radius 3 is 1.73 bits per heavy atom. The van der Waals surface area contributed by atoms with Crippen molar-refractivity contribution >= 4 is 24.5 Å². The molecule has 1 atom stereocenters. The van der Waals surface area contributed by atoms with Crippen LogP contribution in [0.4, 0.5) is 0 Å². The van der Waals surface area contributed by atoms with Crippen LogP contribution in [-0.4, -0.2) is 26.8 Å². The molecule has 40 heavy (non-hydrogen) atoms. The molecule has 0 amide bonds. The molecule has 0 N–H and O–H groups in total. The second-order valence-electron chi connectivity index (χ2n) is 11.0. The van der Waals surface area contributed by atoms with Crippen molar-refractivity contribution < 1.29 is 18.7 Å². The molecule has 0 fully saturated rings. The number of hydrogen-bond acceptors (Lipinski definition) is 4. The monoisotopic (exact) mass is 552 g/mol. The summed E-state index contributed by atoms with van der Waals surface area (Å²) in [6, 6.07) is 38.6. The highest BCUT2D eigenvalue weighted by Crippen LogP contribution is 2.37. The molecule has 0 aliphatic carbocycles. The van der Waals surface area contributed by atoms with E-state index in [9.17, 15) is 4.79 Å². The molecule has 0 saturated carbocycles. The minimum Gasteiger partial charge on any atom is -0.489 e. The van der Waals surface area contributed by atoms with Gasteiger partial charge in [0.25, 0.3) is 8.32 Å². The first kappa shape index (κ1) is 29.3. The van der Waals surface area contributed by atoms with Gasteiger partial charge in [0.2, 0.25) is 0 Å². The van der Waals surface area contributed by atoms with Crippen molar-refractivity contribution in [3.8, 4) is 11.5 Å². The maximum atomic E-state index is 12.9. The van der Waals surface area contributed by atoms with Gasteiger partial charge in [0, 0.05) is 19.4 Å². The van der Waals surface area contributed by atoms with Crippen molar-refractivity contribution in [3.05, 3.63) is 121 Å². The molecule has 0 heterocycles. The predicted molar refractivity (Wildman–Crippen MR) is 165 cm³/mol. The molecule has 1 unspecified atom stereocenters. The number of rotatable bonds is 13. The third-order valence-corrected chi connectivity index (χ3v) is 12.2. The highest BCUT2D eigenvalue weighted by Gasteiger charge is 2.50. The lowest BCUT2D eigenvalue weighted by Gasteiger charge is -2.43. The summed E-state index contributed by atoms with van der Waals surface area (Å²) in [6.07, 6.45) is 0.297. The number of carbonyl (C=O) groups is 1. The zero-order valence-electron chi connectivity index (χ0n) is 24.0. The summed E-state index contributed by atoms with van der Waals surface area (Å²) in [4.78, 5) is 12.9. The minimum absolute atomic E-state index is 0.0652. The summed E-state index contributed by atoms with van der Waals surface area (Å²) in [5, 5.41) is 2.31. The maximum Gasteiger partial charge on any atom is 0.261 e. The van der Waals surface area contributed by atoms with Crippen LogP contribution in [0.25, 0.3) is 0 Å². The van der Waals surface area contributed by atoms with Gasteiger partial charge in [-0.05, 0) is 45.2 Å². The van der Waals surface area contributed by atoms with Gasteiger partial charge in [0.1, 0.15) is 18.1 Å². The molecule has 0 aliphatic heterocycles. The summed E-state index contributed by atoms with van der Waals surface area (Å²) >= 11 is 0. The normalized spacial score (nSPS) is 12.5. The zero-order chi connectivity index (χ0) is 28.4. The number of Topliss-reactive ketones (excluding diaryl/α,β-unsaturated/α-hetero) is 1. The quantitative estimate of drug-likeness (QED) is 0.168. The fraction of sp³-hybridized carbons (Fsp3) is 0.286. The van der Waals surface area contributed by atoms with Crippen molar-refractivity contribution in [2.75, 3.05) is 6.61 Å². The van der Waals surface area contributed by atoms with E-state index in [0.717, 1.165) is 11.3 Å². The number of benzene rings is 4. The summed E-state index contributed by atoms with van der Waals surface area (Å²) in [6.45, 7) is 9.56. The Morgan fingerprint density at radius 1 is 0.725 bits per heavy atom. The maximum absolute atomic E-state index is 12.9. The fourth-order valence-corrected chi connectivity index (χ4v) is 9.69. The number of hydrogen-bond donors (Lipinski definition) is 0. The fourth-order valence-electron chi connectivity index (χ4n) is 5.11. The molecule has 0 aromatic heterocycles. The molecular formula is C35H40O4Si. The Hall–Kier alpha value is -3.67. The average Bonchev–Trinajstić information content (AvgIpc) is 2.98. The van der Waals surface area contributed by atoms with Crippen LogP contribution >= 0.6 is 0 Å². The molecule has 5 heteroatoms. The van der Waals surface area contributed by atoms with E-state index in [-0.39, 0.29) is 10.8 Å². The van der Waals surface area contributed by atoms with Crippen LogP contribution in [0.15, 0.2) is 115 Å². The summed E-state index contributed by atoms with van der Waals surface area (Å²) < 4.78 is 19.1. The first-order chi connectivity index (χ1) is 19.3. The van der Waals surface area contributed by atoms with Crippen LogP contribution in [-0.2, 0) is 15.8 Å². The van der Waals surface area contributed by atoms with Gasteiger partial charge in [-0.15, -0.1) is 0 Å². The first-order valence-corrected chi connectivity index (χ1v) is 16.0. The van der Waals surface area contributed by atoms with Crippen molar-refractivity contribution in [1.29, 1.82) is 0 Å². The van der Waals surface area contributed by atoms with Gasteiger partial charge in [-0.1, -0.05) is 119 Å². The smallest absolute Gasteiger partial charge is 0.261 e. The number of ketones is 1. The Balaban J connectivity index is 1.48.